The molecule has 0 amide bonds. The number of halogens is 1. The van der Waals surface area contributed by atoms with Crippen LogP contribution in [0.25, 0.3) is 0 Å². The van der Waals surface area contributed by atoms with Gasteiger partial charge in [0.15, 0.2) is 0 Å². The lowest BCUT2D eigenvalue weighted by Gasteiger charge is -2.17. The fraction of sp³-hybridized carbons (Fsp3) is 0.188. The van der Waals surface area contributed by atoms with Crippen LogP contribution in [0.15, 0.2) is 41.3 Å². The van der Waals surface area contributed by atoms with Crippen molar-refractivity contribution in [2.24, 2.45) is 5.14 Å². The summed E-state index contributed by atoms with van der Waals surface area (Å²) in [6.45, 7) is 0. The van der Waals surface area contributed by atoms with Crippen molar-refractivity contribution in [2.45, 2.75) is 23.8 Å². The molecule has 1 aliphatic rings. The van der Waals surface area contributed by atoms with Crippen molar-refractivity contribution in [1.29, 1.82) is 5.26 Å². The van der Waals surface area contributed by atoms with E-state index in [2.05, 4.69) is 5.32 Å². The Morgan fingerprint density at radius 1 is 1.26 bits per heavy atom. The third kappa shape index (κ3) is 3.17. The number of sulfonamides is 1. The summed E-state index contributed by atoms with van der Waals surface area (Å²) in [5, 5.41) is 18.4. The monoisotopic (exact) mass is 347 g/mol. The maximum atomic E-state index is 11.4. The van der Waals surface area contributed by atoms with E-state index in [1.54, 1.807) is 6.07 Å². The van der Waals surface area contributed by atoms with Crippen molar-refractivity contribution in [3.63, 3.8) is 0 Å². The lowest BCUT2D eigenvalue weighted by atomic mass is 10.1. The Bertz CT molecular complexity index is 919. The first kappa shape index (κ1) is 15.8. The predicted octanol–water partition coefficient (Wildman–Crippen LogP) is 2.96. The van der Waals surface area contributed by atoms with E-state index < -0.39 is 10.0 Å². The SMILES string of the molecule is N#Cc1cc(S(N)(=O)=O)ccc1N[C@H]1CCc2cc(Cl)ccc21. The standard InChI is InChI=1S/C16H14ClN3O2S/c17-12-2-4-14-10(7-12)1-5-16(14)20-15-6-3-13(23(19,21)22)8-11(15)9-18/h2-4,6-8,16,20H,1,5H2,(H2,19,21,22)/t16-/m0/s1. The van der Waals surface area contributed by atoms with Crippen LogP contribution in [-0.4, -0.2) is 8.42 Å². The molecule has 2 aromatic carbocycles. The highest BCUT2D eigenvalue weighted by Crippen LogP contribution is 2.36. The summed E-state index contributed by atoms with van der Waals surface area (Å²) < 4.78 is 22.8. The van der Waals surface area contributed by atoms with Crippen LogP contribution in [0.2, 0.25) is 5.02 Å². The van der Waals surface area contributed by atoms with E-state index in [0.29, 0.717) is 10.7 Å². The average molecular weight is 348 g/mol. The van der Waals surface area contributed by atoms with E-state index in [4.69, 9.17) is 16.7 Å². The molecule has 1 aliphatic carbocycles. The van der Waals surface area contributed by atoms with E-state index in [1.807, 2.05) is 24.3 Å². The normalized spacial score (nSPS) is 16.7. The first-order chi connectivity index (χ1) is 10.9. The maximum Gasteiger partial charge on any atom is 0.238 e. The minimum absolute atomic E-state index is 0.0645. The second-order valence-electron chi connectivity index (χ2n) is 5.44. The van der Waals surface area contributed by atoms with Crippen molar-refractivity contribution in [3.8, 4) is 6.07 Å². The third-order valence-corrected chi connectivity index (χ3v) is 5.10. The Hall–Kier alpha value is -2.07. The fourth-order valence-electron chi connectivity index (χ4n) is 2.84. The zero-order valence-corrected chi connectivity index (χ0v) is 13.7. The highest BCUT2D eigenvalue weighted by atomic mass is 35.5. The highest BCUT2D eigenvalue weighted by Gasteiger charge is 2.23. The average Bonchev–Trinajstić information content (AvgIpc) is 2.88. The maximum absolute atomic E-state index is 11.4. The van der Waals surface area contributed by atoms with Crippen LogP contribution in [0.1, 0.15) is 29.2 Å². The number of anilines is 1. The number of benzene rings is 2. The number of fused-ring (bicyclic) bond motifs is 1. The lowest BCUT2D eigenvalue weighted by molar-refractivity contribution is 0.598. The molecule has 5 nitrogen and oxygen atoms in total. The molecule has 0 aliphatic heterocycles. The van der Waals surface area contributed by atoms with Gasteiger partial charge in [0, 0.05) is 5.02 Å². The number of aryl methyl sites for hydroxylation is 1. The molecular formula is C16H14ClN3O2S. The number of nitrogens with one attached hydrogen (secondary N) is 1. The molecule has 0 saturated carbocycles. The van der Waals surface area contributed by atoms with Gasteiger partial charge >= 0.3 is 0 Å². The number of hydrogen-bond donors (Lipinski definition) is 2. The van der Waals surface area contributed by atoms with Gasteiger partial charge in [-0.3, -0.25) is 0 Å². The Balaban J connectivity index is 1.92. The van der Waals surface area contributed by atoms with Crippen molar-refractivity contribution < 1.29 is 8.42 Å². The molecule has 1 atom stereocenters. The Morgan fingerprint density at radius 2 is 2.04 bits per heavy atom. The zero-order valence-electron chi connectivity index (χ0n) is 12.1. The van der Waals surface area contributed by atoms with Crippen molar-refractivity contribution in [1.82, 2.24) is 0 Å². The van der Waals surface area contributed by atoms with Crippen LogP contribution < -0.4 is 10.5 Å². The second kappa shape index (κ2) is 5.85. The Labute approximate surface area is 139 Å². The topological polar surface area (TPSA) is 96.0 Å². The van der Waals surface area contributed by atoms with E-state index in [0.717, 1.165) is 18.4 Å². The van der Waals surface area contributed by atoms with E-state index >= 15 is 0 Å². The van der Waals surface area contributed by atoms with Gasteiger partial charge in [0.05, 0.1) is 22.2 Å². The molecule has 0 bridgehead atoms. The van der Waals surface area contributed by atoms with Crippen LogP contribution >= 0.6 is 11.6 Å². The molecule has 118 valence electrons. The van der Waals surface area contributed by atoms with Gasteiger partial charge in [0.25, 0.3) is 0 Å². The van der Waals surface area contributed by atoms with E-state index in [1.165, 1.54) is 17.7 Å². The fourth-order valence-corrected chi connectivity index (χ4v) is 3.58. The molecule has 0 heterocycles. The molecule has 0 saturated heterocycles. The Morgan fingerprint density at radius 3 is 2.74 bits per heavy atom. The molecule has 0 fully saturated rings. The second-order valence-corrected chi connectivity index (χ2v) is 7.44. The molecule has 3 N–H and O–H groups in total. The highest BCUT2D eigenvalue weighted by molar-refractivity contribution is 7.89. The van der Waals surface area contributed by atoms with Gasteiger partial charge in [-0.05, 0) is 54.3 Å². The van der Waals surface area contributed by atoms with Crippen LogP contribution in [0, 0.1) is 11.3 Å². The molecule has 2 aromatic rings. The smallest absolute Gasteiger partial charge is 0.238 e. The summed E-state index contributed by atoms with van der Waals surface area (Å²) in [4.78, 5) is -0.0711. The number of rotatable bonds is 3. The summed E-state index contributed by atoms with van der Waals surface area (Å²) in [6, 6.07) is 12.1. The molecular weight excluding hydrogens is 334 g/mol. The zero-order chi connectivity index (χ0) is 16.6. The summed E-state index contributed by atoms with van der Waals surface area (Å²) in [6.07, 6.45) is 1.79. The van der Waals surface area contributed by atoms with Crippen LogP contribution in [0.4, 0.5) is 5.69 Å². The summed E-state index contributed by atoms with van der Waals surface area (Å²) in [5.41, 5.74) is 3.18. The van der Waals surface area contributed by atoms with Crippen LogP contribution in [0.3, 0.4) is 0 Å². The van der Waals surface area contributed by atoms with Crippen LogP contribution in [-0.2, 0) is 16.4 Å². The van der Waals surface area contributed by atoms with E-state index in [-0.39, 0.29) is 16.5 Å². The first-order valence-corrected chi connectivity index (χ1v) is 8.93. The van der Waals surface area contributed by atoms with Gasteiger partial charge in [0.1, 0.15) is 6.07 Å². The minimum atomic E-state index is -3.83. The van der Waals surface area contributed by atoms with Gasteiger partial charge in [-0.2, -0.15) is 5.26 Å². The first-order valence-electron chi connectivity index (χ1n) is 7.00. The molecule has 23 heavy (non-hydrogen) atoms. The minimum Gasteiger partial charge on any atom is -0.377 e. The molecule has 0 unspecified atom stereocenters. The summed E-state index contributed by atoms with van der Waals surface area (Å²) in [7, 11) is -3.83. The summed E-state index contributed by atoms with van der Waals surface area (Å²) >= 11 is 6.01. The van der Waals surface area contributed by atoms with Crippen molar-refractivity contribution in [3.05, 3.63) is 58.1 Å². The quantitative estimate of drug-likeness (QED) is 0.892. The van der Waals surface area contributed by atoms with E-state index in [9.17, 15) is 13.7 Å². The lowest BCUT2D eigenvalue weighted by Crippen LogP contribution is -2.13. The van der Waals surface area contributed by atoms with Gasteiger partial charge in [-0.1, -0.05) is 17.7 Å². The van der Waals surface area contributed by atoms with Gasteiger partial charge < -0.3 is 5.32 Å². The van der Waals surface area contributed by atoms with Crippen molar-refractivity contribution >= 4 is 27.3 Å². The number of nitriles is 1. The predicted molar refractivity (Wildman–Crippen MR) is 88.7 cm³/mol. The largest absolute Gasteiger partial charge is 0.377 e. The third-order valence-electron chi connectivity index (χ3n) is 3.95. The van der Waals surface area contributed by atoms with Gasteiger partial charge in [0.2, 0.25) is 10.0 Å². The number of hydrogen-bond acceptors (Lipinski definition) is 4. The van der Waals surface area contributed by atoms with Gasteiger partial charge in [-0.15, -0.1) is 0 Å². The van der Waals surface area contributed by atoms with Crippen molar-refractivity contribution in [2.75, 3.05) is 5.32 Å². The summed E-state index contributed by atoms with van der Waals surface area (Å²) in [5.74, 6) is 0. The number of primary sulfonamides is 1. The van der Waals surface area contributed by atoms with Crippen LogP contribution in [0.5, 0.6) is 0 Å². The molecule has 0 radical (unpaired) electrons. The van der Waals surface area contributed by atoms with Gasteiger partial charge in [-0.25, -0.2) is 13.6 Å². The molecule has 0 spiro atoms. The molecule has 3 rings (SSSR count). The number of nitrogens with zero attached hydrogens (tertiary/aromatic N) is 1. The Kier molecular flexibility index (Phi) is 4.02. The molecule has 7 heteroatoms. The molecule has 0 aromatic heterocycles. The number of nitrogens with two attached hydrogens (primary N) is 1.